The van der Waals surface area contributed by atoms with Crippen molar-refractivity contribution >= 4 is 23.4 Å². The van der Waals surface area contributed by atoms with Crippen LogP contribution in [0, 0.1) is 0 Å². The number of nitrogen functional groups attached to an aromatic ring is 1. The fraction of sp³-hybridized carbons (Fsp3) is 0.231. The Bertz CT molecular complexity index is 516. The first kappa shape index (κ1) is 12.6. The van der Waals surface area contributed by atoms with E-state index in [0.29, 0.717) is 10.8 Å². The zero-order valence-electron chi connectivity index (χ0n) is 10.2. The van der Waals surface area contributed by atoms with E-state index in [4.69, 9.17) is 17.3 Å². The van der Waals surface area contributed by atoms with Gasteiger partial charge in [-0.15, -0.1) is 0 Å². The van der Waals surface area contributed by atoms with Crippen molar-refractivity contribution in [3.8, 4) is 0 Å². The summed E-state index contributed by atoms with van der Waals surface area (Å²) < 4.78 is 0. The normalized spacial score (nSPS) is 10.3. The fourth-order valence-corrected chi connectivity index (χ4v) is 1.94. The van der Waals surface area contributed by atoms with E-state index in [0.717, 1.165) is 13.1 Å². The fourth-order valence-electron chi connectivity index (χ4n) is 1.73. The van der Waals surface area contributed by atoms with Crippen LogP contribution < -0.4 is 10.6 Å². The smallest absolute Gasteiger partial charge is 0.222 e. The van der Waals surface area contributed by atoms with Gasteiger partial charge in [-0.05, 0) is 12.5 Å². The van der Waals surface area contributed by atoms with Crippen molar-refractivity contribution in [1.29, 1.82) is 0 Å². The number of anilines is 2. The minimum Gasteiger partial charge on any atom is -0.368 e. The van der Waals surface area contributed by atoms with Crippen LogP contribution in [0.5, 0.6) is 0 Å². The summed E-state index contributed by atoms with van der Waals surface area (Å²) in [5.41, 5.74) is 6.81. The number of nitrogens with zero attached hydrogens (tertiary/aromatic N) is 3. The van der Waals surface area contributed by atoms with E-state index in [2.05, 4.69) is 33.9 Å². The Labute approximate surface area is 111 Å². The van der Waals surface area contributed by atoms with Crippen molar-refractivity contribution in [2.24, 2.45) is 0 Å². The number of rotatable bonds is 4. The third-order valence-electron chi connectivity index (χ3n) is 2.64. The zero-order valence-corrected chi connectivity index (χ0v) is 10.9. The highest BCUT2D eigenvalue weighted by Gasteiger charge is 2.12. The summed E-state index contributed by atoms with van der Waals surface area (Å²) in [5, 5.41) is 0.516. The second-order valence-corrected chi connectivity index (χ2v) is 4.31. The second-order valence-electron chi connectivity index (χ2n) is 3.90. The maximum atomic E-state index is 6.11. The lowest BCUT2D eigenvalue weighted by Crippen LogP contribution is -2.24. The molecule has 18 heavy (non-hydrogen) atoms. The highest BCUT2D eigenvalue weighted by atomic mass is 35.5. The van der Waals surface area contributed by atoms with Gasteiger partial charge in [0.2, 0.25) is 5.95 Å². The van der Waals surface area contributed by atoms with E-state index >= 15 is 0 Å². The van der Waals surface area contributed by atoms with E-state index in [9.17, 15) is 0 Å². The summed E-state index contributed by atoms with van der Waals surface area (Å²) >= 11 is 6.11. The van der Waals surface area contributed by atoms with Gasteiger partial charge in [0.1, 0.15) is 5.02 Å². The van der Waals surface area contributed by atoms with Gasteiger partial charge in [-0.2, -0.15) is 4.98 Å². The molecular weight excluding hydrogens is 248 g/mol. The van der Waals surface area contributed by atoms with Crippen LogP contribution in [0.1, 0.15) is 12.5 Å². The Morgan fingerprint density at radius 2 is 2.00 bits per heavy atom. The van der Waals surface area contributed by atoms with Crippen LogP contribution in [0.4, 0.5) is 11.8 Å². The van der Waals surface area contributed by atoms with Crippen LogP contribution in [-0.4, -0.2) is 16.5 Å². The standard InChI is InChI=1S/C13H15ClN4/c1-2-18(9-10-6-4-3-5-7-10)12-11(14)8-16-13(15)17-12/h3-8H,2,9H2,1H3,(H2,15,16,17). The summed E-state index contributed by atoms with van der Waals surface area (Å²) in [7, 11) is 0. The van der Waals surface area contributed by atoms with E-state index in [1.807, 2.05) is 18.2 Å². The summed E-state index contributed by atoms with van der Waals surface area (Å²) in [6, 6.07) is 10.2. The molecule has 1 aromatic carbocycles. The summed E-state index contributed by atoms with van der Waals surface area (Å²) in [5.74, 6) is 0.913. The van der Waals surface area contributed by atoms with Gasteiger partial charge in [0.05, 0.1) is 6.20 Å². The molecule has 2 N–H and O–H groups in total. The van der Waals surface area contributed by atoms with Gasteiger partial charge in [-0.1, -0.05) is 41.9 Å². The molecule has 0 amide bonds. The molecule has 2 aromatic rings. The molecule has 0 radical (unpaired) electrons. The number of aromatic nitrogens is 2. The molecule has 0 atom stereocenters. The van der Waals surface area contributed by atoms with E-state index in [1.54, 1.807) is 0 Å². The highest BCUT2D eigenvalue weighted by molar-refractivity contribution is 6.32. The average molecular weight is 263 g/mol. The van der Waals surface area contributed by atoms with Gasteiger partial charge in [-0.25, -0.2) is 4.98 Å². The molecule has 0 fully saturated rings. The van der Waals surface area contributed by atoms with Crippen LogP contribution in [0.2, 0.25) is 5.02 Å². The van der Waals surface area contributed by atoms with Crippen molar-refractivity contribution in [2.45, 2.75) is 13.5 Å². The number of hydrogen-bond donors (Lipinski definition) is 1. The van der Waals surface area contributed by atoms with Crippen molar-refractivity contribution in [1.82, 2.24) is 9.97 Å². The molecule has 0 bridgehead atoms. The van der Waals surface area contributed by atoms with Crippen LogP contribution in [0.25, 0.3) is 0 Å². The lowest BCUT2D eigenvalue weighted by Gasteiger charge is -2.22. The first-order valence-corrected chi connectivity index (χ1v) is 6.15. The molecule has 1 heterocycles. The molecule has 2 rings (SSSR count). The van der Waals surface area contributed by atoms with Crippen LogP contribution in [-0.2, 0) is 6.54 Å². The number of hydrogen-bond acceptors (Lipinski definition) is 4. The molecule has 0 saturated carbocycles. The van der Waals surface area contributed by atoms with Crippen molar-refractivity contribution < 1.29 is 0 Å². The van der Waals surface area contributed by atoms with E-state index in [1.165, 1.54) is 11.8 Å². The van der Waals surface area contributed by atoms with Crippen molar-refractivity contribution in [3.63, 3.8) is 0 Å². The number of benzene rings is 1. The molecule has 0 aliphatic rings. The molecule has 0 aliphatic heterocycles. The van der Waals surface area contributed by atoms with Crippen molar-refractivity contribution in [2.75, 3.05) is 17.2 Å². The van der Waals surface area contributed by atoms with E-state index < -0.39 is 0 Å². The van der Waals surface area contributed by atoms with Gasteiger partial charge in [-0.3, -0.25) is 0 Å². The Morgan fingerprint density at radius 1 is 1.28 bits per heavy atom. The van der Waals surface area contributed by atoms with Gasteiger partial charge in [0.25, 0.3) is 0 Å². The molecule has 0 unspecified atom stereocenters. The zero-order chi connectivity index (χ0) is 13.0. The Kier molecular flexibility index (Phi) is 3.99. The van der Waals surface area contributed by atoms with Crippen LogP contribution in [0.15, 0.2) is 36.5 Å². The van der Waals surface area contributed by atoms with Gasteiger partial charge in [0.15, 0.2) is 5.82 Å². The third kappa shape index (κ3) is 2.90. The highest BCUT2D eigenvalue weighted by Crippen LogP contribution is 2.24. The minimum atomic E-state index is 0.237. The first-order chi connectivity index (χ1) is 8.70. The number of halogens is 1. The van der Waals surface area contributed by atoms with Gasteiger partial charge >= 0.3 is 0 Å². The maximum Gasteiger partial charge on any atom is 0.222 e. The molecule has 94 valence electrons. The van der Waals surface area contributed by atoms with Gasteiger partial charge in [0, 0.05) is 13.1 Å². The van der Waals surface area contributed by atoms with Crippen LogP contribution >= 0.6 is 11.6 Å². The quantitative estimate of drug-likeness (QED) is 0.921. The lowest BCUT2D eigenvalue weighted by atomic mass is 10.2. The predicted molar refractivity (Wildman–Crippen MR) is 74.6 cm³/mol. The Hall–Kier alpha value is -1.81. The summed E-state index contributed by atoms with van der Waals surface area (Å²) in [6.07, 6.45) is 1.53. The molecule has 0 aliphatic carbocycles. The van der Waals surface area contributed by atoms with E-state index in [-0.39, 0.29) is 5.95 Å². The Morgan fingerprint density at radius 3 is 2.67 bits per heavy atom. The molecule has 5 heteroatoms. The topological polar surface area (TPSA) is 55.0 Å². The minimum absolute atomic E-state index is 0.237. The molecule has 1 aromatic heterocycles. The average Bonchev–Trinajstić information content (AvgIpc) is 2.40. The first-order valence-electron chi connectivity index (χ1n) is 5.77. The summed E-state index contributed by atoms with van der Waals surface area (Å²) in [4.78, 5) is 10.1. The SMILES string of the molecule is CCN(Cc1ccccc1)c1nc(N)ncc1Cl. The molecule has 0 saturated heterocycles. The predicted octanol–water partition coefficient (Wildman–Crippen LogP) is 2.74. The molecule has 0 spiro atoms. The number of nitrogens with two attached hydrogens (primary N) is 1. The molecule has 4 nitrogen and oxygen atoms in total. The monoisotopic (exact) mass is 262 g/mol. The second kappa shape index (κ2) is 5.69. The third-order valence-corrected chi connectivity index (χ3v) is 2.91. The largest absolute Gasteiger partial charge is 0.368 e. The van der Waals surface area contributed by atoms with Crippen LogP contribution in [0.3, 0.4) is 0 Å². The van der Waals surface area contributed by atoms with Gasteiger partial charge < -0.3 is 10.6 Å². The maximum absolute atomic E-state index is 6.11. The summed E-state index contributed by atoms with van der Waals surface area (Å²) in [6.45, 7) is 3.59. The lowest BCUT2D eigenvalue weighted by molar-refractivity contribution is 0.812. The molecular formula is C13H15ClN4. The Balaban J connectivity index is 2.26. The van der Waals surface area contributed by atoms with Crippen molar-refractivity contribution in [3.05, 3.63) is 47.1 Å².